The van der Waals surface area contributed by atoms with Crippen LogP contribution in [0.25, 0.3) is 0 Å². The maximum absolute atomic E-state index is 13.1. The standard InChI is InChI=1S/C18H17N3O2S/c1-3-23-16-11-14(9-10-19-16)17(22)21(15-7-5-4-6-8-15)18-20-13(2)12-24-18/h4-12H,3H2,1-2H3. The van der Waals surface area contributed by atoms with Gasteiger partial charge >= 0.3 is 0 Å². The van der Waals surface area contributed by atoms with Gasteiger partial charge in [-0.15, -0.1) is 11.3 Å². The number of carbonyl (C=O) groups excluding carboxylic acids is 1. The van der Waals surface area contributed by atoms with Crippen molar-refractivity contribution in [2.24, 2.45) is 0 Å². The van der Waals surface area contributed by atoms with Gasteiger partial charge in [0.05, 0.1) is 18.0 Å². The van der Waals surface area contributed by atoms with Crippen molar-refractivity contribution in [2.45, 2.75) is 13.8 Å². The van der Waals surface area contributed by atoms with Crippen LogP contribution in [0.15, 0.2) is 54.0 Å². The van der Waals surface area contributed by atoms with E-state index in [9.17, 15) is 4.79 Å². The second-order valence-electron chi connectivity index (χ2n) is 5.06. The quantitative estimate of drug-likeness (QED) is 0.698. The van der Waals surface area contributed by atoms with E-state index in [0.29, 0.717) is 23.2 Å². The molecule has 0 saturated heterocycles. The molecular weight excluding hydrogens is 322 g/mol. The zero-order valence-electron chi connectivity index (χ0n) is 13.5. The molecule has 3 aromatic rings. The fourth-order valence-corrected chi connectivity index (χ4v) is 3.05. The molecule has 0 spiro atoms. The third-order valence-electron chi connectivity index (χ3n) is 3.29. The maximum atomic E-state index is 13.1. The lowest BCUT2D eigenvalue weighted by Gasteiger charge is -2.20. The molecule has 6 heteroatoms. The number of anilines is 2. The first kappa shape index (κ1) is 16.1. The molecule has 0 aliphatic rings. The van der Waals surface area contributed by atoms with Gasteiger partial charge < -0.3 is 4.74 Å². The van der Waals surface area contributed by atoms with Gasteiger partial charge in [0.1, 0.15) is 0 Å². The number of carbonyl (C=O) groups is 1. The Morgan fingerprint density at radius 2 is 2.04 bits per heavy atom. The van der Waals surface area contributed by atoms with Gasteiger partial charge in [0.15, 0.2) is 5.13 Å². The summed E-state index contributed by atoms with van der Waals surface area (Å²) in [5.41, 5.74) is 2.16. The number of aryl methyl sites for hydroxylation is 1. The van der Waals surface area contributed by atoms with E-state index >= 15 is 0 Å². The third-order valence-corrected chi connectivity index (χ3v) is 4.23. The third kappa shape index (κ3) is 3.44. The minimum Gasteiger partial charge on any atom is -0.478 e. The first-order chi connectivity index (χ1) is 11.7. The number of amides is 1. The molecule has 1 aromatic carbocycles. The topological polar surface area (TPSA) is 55.3 Å². The number of thiazole rings is 1. The lowest BCUT2D eigenvalue weighted by Crippen LogP contribution is -2.26. The first-order valence-corrected chi connectivity index (χ1v) is 8.47. The monoisotopic (exact) mass is 339 g/mol. The summed E-state index contributed by atoms with van der Waals surface area (Å²) >= 11 is 1.44. The Labute approximate surface area is 144 Å². The van der Waals surface area contributed by atoms with E-state index < -0.39 is 0 Å². The summed E-state index contributed by atoms with van der Waals surface area (Å²) in [6.07, 6.45) is 1.58. The number of rotatable bonds is 5. The van der Waals surface area contributed by atoms with Crippen molar-refractivity contribution in [3.05, 3.63) is 65.3 Å². The molecule has 3 rings (SSSR count). The Balaban J connectivity index is 2.02. The van der Waals surface area contributed by atoms with E-state index in [4.69, 9.17) is 4.74 Å². The predicted octanol–water partition coefficient (Wildman–Crippen LogP) is 4.22. The van der Waals surface area contributed by atoms with E-state index in [2.05, 4.69) is 9.97 Å². The second-order valence-corrected chi connectivity index (χ2v) is 5.90. The largest absolute Gasteiger partial charge is 0.478 e. The molecule has 0 aliphatic carbocycles. The minimum absolute atomic E-state index is 0.168. The molecule has 0 saturated carbocycles. The Morgan fingerprint density at radius 3 is 2.71 bits per heavy atom. The van der Waals surface area contributed by atoms with Crippen LogP contribution in [0.5, 0.6) is 5.88 Å². The van der Waals surface area contributed by atoms with Crippen molar-refractivity contribution >= 4 is 28.1 Å². The van der Waals surface area contributed by atoms with Gasteiger partial charge in [0.25, 0.3) is 5.91 Å². The highest BCUT2D eigenvalue weighted by Crippen LogP contribution is 2.30. The van der Waals surface area contributed by atoms with E-state index in [0.717, 1.165) is 11.4 Å². The Bertz CT molecular complexity index is 833. The summed E-state index contributed by atoms with van der Waals surface area (Å²) in [5.74, 6) is 0.269. The van der Waals surface area contributed by atoms with E-state index in [1.807, 2.05) is 49.6 Å². The number of pyridine rings is 1. The molecule has 122 valence electrons. The lowest BCUT2D eigenvalue weighted by atomic mass is 10.2. The second kappa shape index (κ2) is 7.23. The normalized spacial score (nSPS) is 10.4. The number of hydrogen-bond donors (Lipinski definition) is 0. The maximum Gasteiger partial charge on any atom is 0.264 e. The zero-order chi connectivity index (χ0) is 16.9. The zero-order valence-corrected chi connectivity index (χ0v) is 14.3. The van der Waals surface area contributed by atoms with Crippen LogP contribution in [-0.2, 0) is 0 Å². The molecular formula is C18H17N3O2S. The number of aromatic nitrogens is 2. The molecule has 0 N–H and O–H groups in total. The fourth-order valence-electron chi connectivity index (χ4n) is 2.23. The van der Waals surface area contributed by atoms with Crippen molar-refractivity contribution in [1.82, 2.24) is 9.97 Å². The molecule has 0 atom stereocenters. The summed E-state index contributed by atoms with van der Waals surface area (Å²) in [7, 11) is 0. The van der Waals surface area contributed by atoms with Crippen LogP contribution in [0.4, 0.5) is 10.8 Å². The Hall–Kier alpha value is -2.73. The molecule has 0 fully saturated rings. The van der Waals surface area contributed by atoms with Crippen molar-refractivity contribution in [3.8, 4) is 5.88 Å². The van der Waals surface area contributed by atoms with Crippen molar-refractivity contribution in [1.29, 1.82) is 0 Å². The highest BCUT2D eigenvalue weighted by molar-refractivity contribution is 7.14. The van der Waals surface area contributed by atoms with Crippen LogP contribution in [-0.4, -0.2) is 22.5 Å². The molecule has 5 nitrogen and oxygen atoms in total. The van der Waals surface area contributed by atoms with Gasteiger partial charge in [-0.25, -0.2) is 9.97 Å². The average Bonchev–Trinajstić information content (AvgIpc) is 3.02. The summed E-state index contributed by atoms with van der Waals surface area (Å²) in [5, 5.41) is 2.56. The smallest absolute Gasteiger partial charge is 0.264 e. The molecule has 0 aliphatic heterocycles. The SMILES string of the molecule is CCOc1cc(C(=O)N(c2ccccc2)c2nc(C)cs2)ccn1. The number of para-hydroxylation sites is 1. The average molecular weight is 339 g/mol. The summed E-state index contributed by atoms with van der Waals surface area (Å²) < 4.78 is 5.40. The highest BCUT2D eigenvalue weighted by Gasteiger charge is 2.22. The van der Waals surface area contributed by atoms with E-state index in [1.165, 1.54) is 11.3 Å². The molecule has 0 unspecified atom stereocenters. The number of ether oxygens (including phenoxy) is 1. The number of nitrogens with zero attached hydrogens (tertiary/aromatic N) is 3. The molecule has 2 aromatic heterocycles. The van der Waals surface area contributed by atoms with Gasteiger partial charge in [-0.05, 0) is 32.0 Å². The molecule has 24 heavy (non-hydrogen) atoms. The van der Waals surface area contributed by atoms with Crippen LogP contribution in [0.2, 0.25) is 0 Å². The fraction of sp³-hybridized carbons (Fsp3) is 0.167. The van der Waals surface area contributed by atoms with Gasteiger partial charge in [-0.3, -0.25) is 9.69 Å². The first-order valence-electron chi connectivity index (χ1n) is 7.59. The summed E-state index contributed by atoms with van der Waals surface area (Å²) in [6.45, 7) is 4.29. The van der Waals surface area contributed by atoms with Crippen LogP contribution in [0.1, 0.15) is 23.0 Å². The number of benzene rings is 1. The molecule has 0 bridgehead atoms. The van der Waals surface area contributed by atoms with Crippen molar-refractivity contribution < 1.29 is 9.53 Å². The van der Waals surface area contributed by atoms with Crippen LogP contribution in [0, 0.1) is 6.92 Å². The van der Waals surface area contributed by atoms with Gasteiger partial charge in [-0.1, -0.05) is 18.2 Å². The Morgan fingerprint density at radius 1 is 1.25 bits per heavy atom. The van der Waals surface area contributed by atoms with Crippen molar-refractivity contribution in [3.63, 3.8) is 0 Å². The van der Waals surface area contributed by atoms with Crippen molar-refractivity contribution in [2.75, 3.05) is 11.5 Å². The lowest BCUT2D eigenvalue weighted by molar-refractivity contribution is 0.0998. The van der Waals surface area contributed by atoms with E-state index in [1.54, 1.807) is 23.2 Å². The molecule has 1 amide bonds. The predicted molar refractivity (Wildman–Crippen MR) is 95.2 cm³/mol. The van der Waals surface area contributed by atoms with Crippen LogP contribution >= 0.6 is 11.3 Å². The summed E-state index contributed by atoms with van der Waals surface area (Å²) in [4.78, 5) is 23.3. The van der Waals surface area contributed by atoms with Crippen LogP contribution in [0.3, 0.4) is 0 Å². The van der Waals surface area contributed by atoms with Gasteiger partial charge in [-0.2, -0.15) is 0 Å². The van der Waals surface area contributed by atoms with Gasteiger partial charge in [0, 0.05) is 23.2 Å². The van der Waals surface area contributed by atoms with E-state index in [-0.39, 0.29) is 5.91 Å². The molecule has 0 radical (unpaired) electrons. The van der Waals surface area contributed by atoms with Gasteiger partial charge in [0.2, 0.25) is 5.88 Å². The highest BCUT2D eigenvalue weighted by atomic mass is 32.1. The minimum atomic E-state index is -0.168. The molecule has 2 heterocycles. The van der Waals surface area contributed by atoms with Crippen LogP contribution < -0.4 is 9.64 Å². The summed E-state index contributed by atoms with van der Waals surface area (Å²) in [6, 6.07) is 12.8. The number of hydrogen-bond acceptors (Lipinski definition) is 5. The Kier molecular flexibility index (Phi) is 4.86.